The molecule has 0 atom stereocenters. The van der Waals surface area contributed by atoms with Crippen LogP contribution in [-0.4, -0.2) is 11.3 Å². The molecule has 0 fully saturated rings. The van der Waals surface area contributed by atoms with Gasteiger partial charge in [-0.15, -0.1) is 0 Å². The maximum absolute atomic E-state index is 13.2. The molecule has 0 heterocycles. The molecular weight excluding hydrogens is 238 g/mol. The van der Waals surface area contributed by atoms with Crippen molar-refractivity contribution in [3.8, 4) is 5.75 Å². The Hall–Kier alpha value is -2.43. The number of benzene rings is 2. The average molecular weight is 248 g/mol. The summed E-state index contributed by atoms with van der Waals surface area (Å²) in [6.45, 7) is 0. The Bertz CT molecular complexity index is 568. The van der Waals surface area contributed by atoms with Crippen molar-refractivity contribution in [3.05, 3.63) is 59.7 Å². The van der Waals surface area contributed by atoms with E-state index >= 15 is 0 Å². The lowest BCUT2D eigenvalue weighted by atomic mass is 10.2. The van der Waals surface area contributed by atoms with Crippen LogP contribution < -0.4 is 5.43 Å². The monoisotopic (exact) mass is 248 g/mol. The van der Waals surface area contributed by atoms with Crippen LogP contribution in [0.2, 0.25) is 0 Å². The predicted octanol–water partition coefficient (Wildman–Crippen LogP) is 3.12. The first-order valence-corrected chi connectivity index (χ1v) is 5.18. The van der Waals surface area contributed by atoms with Crippen molar-refractivity contribution in [2.75, 3.05) is 5.43 Å². The number of phenolic OH excluding ortho intramolecular Hbond substituents is 1. The highest BCUT2D eigenvalue weighted by Crippen LogP contribution is 2.14. The molecule has 0 aliphatic heterocycles. The average Bonchev–Trinajstić information content (AvgIpc) is 2.34. The maximum atomic E-state index is 13.2. The molecule has 5 heteroatoms. The molecule has 0 aliphatic carbocycles. The molecule has 18 heavy (non-hydrogen) atoms. The molecule has 0 saturated carbocycles. The van der Waals surface area contributed by atoms with Crippen LogP contribution in [0.4, 0.5) is 14.5 Å². The fraction of sp³-hybridized carbons (Fsp3) is 0. The van der Waals surface area contributed by atoms with Crippen LogP contribution in [0.25, 0.3) is 0 Å². The summed E-state index contributed by atoms with van der Waals surface area (Å²) in [5, 5.41) is 12.9. The van der Waals surface area contributed by atoms with E-state index in [2.05, 4.69) is 10.5 Å². The van der Waals surface area contributed by atoms with Gasteiger partial charge in [0.25, 0.3) is 0 Å². The van der Waals surface area contributed by atoms with E-state index in [0.717, 1.165) is 17.7 Å². The zero-order chi connectivity index (χ0) is 13.0. The largest absolute Gasteiger partial charge is 0.508 e. The fourth-order valence-electron chi connectivity index (χ4n) is 1.32. The zero-order valence-corrected chi connectivity index (χ0v) is 9.27. The van der Waals surface area contributed by atoms with Gasteiger partial charge >= 0.3 is 0 Å². The molecule has 0 unspecified atom stereocenters. The third-order valence-electron chi connectivity index (χ3n) is 2.22. The molecular formula is C13H10F2N2O. The van der Waals surface area contributed by atoms with Gasteiger partial charge in [-0.1, -0.05) is 0 Å². The van der Waals surface area contributed by atoms with Crippen molar-refractivity contribution >= 4 is 11.9 Å². The van der Waals surface area contributed by atoms with Crippen molar-refractivity contribution in [1.82, 2.24) is 0 Å². The summed E-state index contributed by atoms with van der Waals surface area (Å²) >= 11 is 0. The summed E-state index contributed by atoms with van der Waals surface area (Å²) in [7, 11) is 0. The number of nitrogens with one attached hydrogen (secondary N) is 1. The number of halogens is 2. The van der Waals surface area contributed by atoms with Crippen molar-refractivity contribution < 1.29 is 13.9 Å². The van der Waals surface area contributed by atoms with Gasteiger partial charge in [-0.2, -0.15) is 5.10 Å². The number of hydrogen-bond donors (Lipinski definition) is 2. The van der Waals surface area contributed by atoms with Gasteiger partial charge in [0.1, 0.15) is 11.6 Å². The second kappa shape index (κ2) is 5.27. The highest BCUT2D eigenvalue weighted by Gasteiger charge is 2.01. The van der Waals surface area contributed by atoms with Gasteiger partial charge in [0, 0.05) is 6.07 Å². The third-order valence-corrected chi connectivity index (χ3v) is 2.22. The zero-order valence-electron chi connectivity index (χ0n) is 9.27. The minimum absolute atomic E-state index is 0.0893. The van der Waals surface area contributed by atoms with Crippen LogP contribution in [0.15, 0.2) is 47.6 Å². The lowest BCUT2D eigenvalue weighted by Crippen LogP contribution is -1.94. The van der Waals surface area contributed by atoms with E-state index in [9.17, 15) is 8.78 Å². The van der Waals surface area contributed by atoms with Crippen molar-refractivity contribution in [2.24, 2.45) is 5.10 Å². The molecule has 2 N–H and O–H groups in total. The van der Waals surface area contributed by atoms with E-state index in [1.165, 1.54) is 24.4 Å². The van der Waals surface area contributed by atoms with Crippen molar-refractivity contribution in [3.63, 3.8) is 0 Å². The van der Waals surface area contributed by atoms with E-state index < -0.39 is 11.6 Å². The topological polar surface area (TPSA) is 44.6 Å². The quantitative estimate of drug-likeness (QED) is 0.647. The second-order valence-electron chi connectivity index (χ2n) is 3.59. The standard InChI is InChI=1S/C13H10F2N2O/c14-10-3-6-13(12(15)7-10)17-16-8-9-1-4-11(18)5-2-9/h1-8,17-18H. The van der Waals surface area contributed by atoms with Crippen LogP contribution in [0.3, 0.4) is 0 Å². The fourth-order valence-corrected chi connectivity index (χ4v) is 1.32. The Morgan fingerprint density at radius 2 is 1.78 bits per heavy atom. The summed E-state index contributed by atoms with van der Waals surface area (Å²) < 4.78 is 25.9. The minimum Gasteiger partial charge on any atom is -0.508 e. The van der Waals surface area contributed by atoms with Gasteiger partial charge in [-0.25, -0.2) is 8.78 Å². The molecule has 2 aromatic carbocycles. The van der Waals surface area contributed by atoms with Crippen molar-refractivity contribution in [2.45, 2.75) is 0 Å². The Balaban J connectivity index is 2.05. The molecule has 0 amide bonds. The highest BCUT2D eigenvalue weighted by molar-refractivity contribution is 5.80. The van der Waals surface area contributed by atoms with Crippen molar-refractivity contribution in [1.29, 1.82) is 0 Å². The molecule has 3 nitrogen and oxygen atoms in total. The number of phenols is 1. The second-order valence-corrected chi connectivity index (χ2v) is 3.59. The lowest BCUT2D eigenvalue weighted by Gasteiger charge is -2.01. The first kappa shape index (κ1) is 12.0. The van der Waals surface area contributed by atoms with Gasteiger partial charge in [0.2, 0.25) is 0 Å². The first-order valence-electron chi connectivity index (χ1n) is 5.18. The minimum atomic E-state index is -0.710. The molecule has 2 rings (SSSR count). The molecule has 0 radical (unpaired) electrons. The Morgan fingerprint density at radius 1 is 1.06 bits per heavy atom. The number of nitrogens with zero attached hydrogens (tertiary/aromatic N) is 1. The van der Waals surface area contributed by atoms with Crippen LogP contribution in [0.1, 0.15) is 5.56 Å². The number of hydrogen-bond acceptors (Lipinski definition) is 3. The summed E-state index contributed by atoms with van der Waals surface area (Å²) in [5.41, 5.74) is 3.30. The van der Waals surface area contributed by atoms with E-state index in [0.29, 0.717) is 0 Å². The summed E-state index contributed by atoms with van der Waals surface area (Å²) in [4.78, 5) is 0. The van der Waals surface area contributed by atoms with Gasteiger partial charge in [-0.3, -0.25) is 5.43 Å². The van der Waals surface area contributed by atoms with E-state index in [4.69, 9.17) is 5.11 Å². The Labute approximate surface area is 102 Å². The molecule has 0 spiro atoms. The number of aromatic hydroxyl groups is 1. The van der Waals surface area contributed by atoms with Crippen LogP contribution in [-0.2, 0) is 0 Å². The summed E-state index contributed by atoms with van der Waals surface area (Å²) in [5.74, 6) is -1.19. The van der Waals surface area contributed by atoms with Crippen LogP contribution >= 0.6 is 0 Å². The van der Waals surface area contributed by atoms with E-state index in [1.807, 2.05) is 0 Å². The molecule has 0 aromatic heterocycles. The number of rotatable bonds is 3. The molecule has 0 saturated heterocycles. The number of hydrazone groups is 1. The lowest BCUT2D eigenvalue weighted by molar-refractivity contribution is 0.475. The molecule has 2 aromatic rings. The Morgan fingerprint density at radius 3 is 2.44 bits per heavy atom. The molecule has 0 aliphatic rings. The van der Waals surface area contributed by atoms with Gasteiger partial charge in [0.05, 0.1) is 11.9 Å². The van der Waals surface area contributed by atoms with Gasteiger partial charge in [-0.05, 0) is 42.0 Å². The van der Waals surface area contributed by atoms with E-state index in [1.54, 1.807) is 12.1 Å². The molecule has 0 bridgehead atoms. The predicted molar refractivity (Wildman–Crippen MR) is 65.7 cm³/mol. The first-order chi connectivity index (χ1) is 8.65. The Kier molecular flexibility index (Phi) is 3.52. The summed E-state index contributed by atoms with van der Waals surface area (Å²) in [6.07, 6.45) is 1.46. The van der Waals surface area contributed by atoms with Gasteiger partial charge < -0.3 is 5.11 Å². The third kappa shape index (κ3) is 3.04. The normalized spacial score (nSPS) is 10.8. The van der Waals surface area contributed by atoms with Crippen LogP contribution in [0, 0.1) is 11.6 Å². The molecule has 92 valence electrons. The smallest absolute Gasteiger partial charge is 0.151 e. The highest BCUT2D eigenvalue weighted by atomic mass is 19.1. The summed E-state index contributed by atoms with van der Waals surface area (Å²) in [6, 6.07) is 9.52. The van der Waals surface area contributed by atoms with E-state index in [-0.39, 0.29) is 11.4 Å². The number of anilines is 1. The van der Waals surface area contributed by atoms with Gasteiger partial charge in [0.15, 0.2) is 5.82 Å². The SMILES string of the molecule is Oc1ccc(C=NNc2ccc(F)cc2F)cc1. The maximum Gasteiger partial charge on any atom is 0.151 e. The van der Waals surface area contributed by atoms with Crippen LogP contribution in [0.5, 0.6) is 5.75 Å².